The van der Waals surface area contributed by atoms with Crippen molar-refractivity contribution >= 4 is 0 Å². The minimum absolute atomic E-state index is 0.721. The minimum atomic E-state index is 0.721. The molecule has 0 saturated carbocycles. The van der Waals surface area contributed by atoms with E-state index >= 15 is 0 Å². The van der Waals surface area contributed by atoms with Crippen LogP contribution in [0, 0.1) is 0 Å². The zero-order chi connectivity index (χ0) is 13.6. The molecule has 20 heavy (non-hydrogen) atoms. The third kappa shape index (κ3) is 3.07. The number of para-hydroxylation sites is 1. The summed E-state index contributed by atoms with van der Waals surface area (Å²) in [7, 11) is 0. The van der Waals surface area contributed by atoms with Crippen LogP contribution in [0.5, 0.6) is 0 Å². The third-order valence-electron chi connectivity index (χ3n) is 2.94. The predicted octanol–water partition coefficient (Wildman–Crippen LogP) is 1.95. The Morgan fingerprint density at radius 1 is 1.05 bits per heavy atom. The van der Waals surface area contributed by atoms with E-state index in [1.807, 2.05) is 53.5 Å². The molecule has 0 aliphatic rings. The van der Waals surface area contributed by atoms with Gasteiger partial charge >= 0.3 is 0 Å². The molecular weight excluding hydrogens is 250 g/mol. The number of nitrogens with zero attached hydrogens (tertiary/aromatic N) is 4. The topological polar surface area (TPSA) is 55.6 Å². The molecule has 0 aliphatic heterocycles. The normalized spacial score (nSPS) is 10.6. The van der Waals surface area contributed by atoms with Crippen LogP contribution < -0.4 is 5.32 Å². The maximum Gasteiger partial charge on any atom is 0.115 e. The van der Waals surface area contributed by atoms with Crippen LogP contribution in [0.1, 0.15) is 11.3 Å². The van der Waals surface area contributed by atoms with E-state index < -0.39 is 0 Å². The summed E-state index contributed by atoms with van der Waals surface area (Å²) in [6, 6.07) is 12.0. The van der Waals surface area contributed by atoms with Gasteiger partial charge in [-0.15, -0.1) is 0 Å². The fourth-order valence-corrected chi connectivity index (χ4v) is 1.93. The molecule has 3 aromatic rings. The predicted molar refractivity (Wildman–Crippen MR) is 76.1 cm³/mol. The zero-order valence-corrected chi connectivity index (χ0v) is 11.0. The smallest absolute Gasteiger partial charge is 0.115 e. The molecule has 1 N–H and O–H groups in total. The molecule has 2 heterocycles. The molecule has 5 nitrogen and oxygen atoms in total. The van der Waals surface area contributed by atoms with Gasteiger partial charge in [-0.25, -0.2) is 14.6 Å². The minimum Gasteiger partial charge on any atom is -0.307 e. The number of benzene rings is 1. The Bertz CT molecular complexity index is 648. The number of rotatable bonds is 5. The zero-order valence-electron chi connectivity index (χ0n) is 11.0. The van der Waals surface area contributed by atoms with Crippen LogP contribution >= 0.6 is 0 Å². The van der Waals surface area contributed by atoms with Crippen molar-refractivity contribution in [2.24, 2.45) is 0 Å². The first kappa shape index (κ1) is 12.5. The van der Waals surface area contributed by atoms with Gasteiger partial charge in [0.2, 0.25) is 0 Å². The van der Waals surface area contributed by atoms with Gasteiger partial charge < -0.3 is 5.32 Å². The van der Waals surface area contributed by atoms with E-state index in [4.69, 9.17) is 0 Å². The summed E-state index contributed by atoms with van der Waals surface area (Å²) in [6.07, 6.45) is 7.21. The van der Waals surface area contributed by atoms with Crippen LogP contribution in [0.3, 0.4) is 0 Å². The molecule has 0 atom stereocenters. The Hall–Kier alpha value is -2.53. The molecule has 5 heteroatoms. The summed E-state index contributed by atoms with van der Waals surface area (Å²) < 4.78 is 1.88. The number of aromatic nitrogens is 4. The lowest BCUT2D eigenvalue weighted by molar-refractivity contribution is 0.677. The third-order valence-corrected chi connectivity index (χ3v) is 2.94. The van der Waals surface area contributed by atoms with Crippen molar-refractivity contribution < 1.29 is 0 Å². The number of hydrogen-bond acceptors (Lipinski definition) is 4. The van der Waals surface area contributed by atoms with Gasteiger partial charge in [0, 0.05) is 31.0 Å². The molecule has 100 valence electrons. The molecule has 0 amide bonds. The van der Waals surface area contributed by atoms with Gasteiger partial charge in [0.05, 0.1) is 17.6 Å². The van der Waals surface area contributed by atoms with Crippen LogP contribution in [0.25, 0.3) is 5.69 Å². The van der Waals surface area contributed by atoms with Gasteiger partial charge in [0.25, 0.3) is 0 Å². The van der Waals surface area contributed by atoms with Crippen molar-refractivity contribution in [1.29, 1.82) is 0 Å². The van der Waals surface area contributed by atoms with Crippen molar-refractivity contribution in [3.05, 3.63) is 72.6 Å². The lowest BCUT2D eigenvalue weighted by Crippen LogP contribution is -2.13. The quantitative estimate of drug-likeness (QED) is 0.766. The van der Waals surface area contributed by atoms with Gasteiger partial charge in [-0.05, 0) is 18.2 Å². The Morgan fingerprint density at radius 2 is 1.95 bits per heavy atom. The fraction of sp³-hybridized carbons (Fsp3) is 0.133. The van der Waals surface area contributed by atoms with Gasteiger partial charge in [-0.2, -0.15) is 5.10 Å². The van der Waals surface area contributed by atoms with E-state index in [-0.39, 0.29) is 0 Å². The average molecular weight is 265 g/mol. The van der Waals surface area contributed by atoms with E-state index in [9.17, 15) is 0 Å². The first-order valence-electron chi connectivity index (χ1n) is 6.46. The Labute approximate surface area is 117 Å². The standard InChI is InChI=1S/C15H15N5/c1-2-4-15(5-3-1)20-11-13(9-19-20)8-17-10-14-6-7-16-12-18-14/h1-7,9,11-12,17H,8,10H2. The van der Waals surface area contributed by atoms with E-state index in [2.05, 4.69) is 20.4 Å². The summed E-state index contributed by atoms with van der Waals surface area (Å²) >= 11 is 0. The second-order valence-corrected chi connectivity index (χ2v) is 4.43. The monoisotopic (exact) mass is 265 g/mol. The molecule has 0 unspecified atom stereocenters. The van der Waals surface area contributed by atoms with Crippen molar-refractivity contribution in [2.45, 2.75) is 13.1 Å². The van der Waals surface area contributed by atoms with Crippen LogP contribution in [0.15, 0.2) is 61.3 Å². The molecule has 2 aromatic heterocycles. The van der Waals surface area contributed by atoms with Gasteiger partial charge in [-0.1, -0.05) is 18.2 Å². The lowest BCUT2D eigenvalue weighted by atomic mass is 10.3. The first-order chi connectivity index (χ1) is 9.92. The SMILES string of the molecule is c1ccc(-n2cc(CNCc3ccncn3)cn2)cc1. The maximum absolute atomic E-state index is 4.36. The van der Waals surface area contributed by atoms with E-state index in [1.54, 1.807) is 12.5 Å². The highest BCUT2D eigenvalue weighted by molar-refractivity contribution is 5.30. The van der Waals surface area contributed by atoms with Crippen molar-refractivity contribution in [1.82, 2.24) is 25.1 Å². The van der Waals surface area contributed by atoms with Gasteiger partial charge in [-0.3, -0.25) is 0 Å². The highest BCUT2D eigenvalue weighted by atomic mass is 15.3. The molecule has 0 saturated heterocycles. The van der Waals surface area contributed by atoms with E-state index in [0.717, 1.165) is 30.0 Å². The van der Waals surface area contributed by atoms with Gasteiger partial charge in [0.15, 0.2) is 0 Å². The van der Waals surface area contributed by atoms with Crippen molar-refractivity contribution in [2.75, 3.05) is 0 Å². The Morgan fingerprint density at radius 3 is 2.75 bits per heavy atom. The average Bonchev–Trinajstić information content (AvgIpc) is 2.98. The summed E-state index contributed by atoms with van der Waals surface area (Å²) in [5.74, 6) is 0. The number of hydrogen-bond donors (Lipinski definition) is 1. The molecule has 0 spiro atoms. The van der Waals surface area contributed by atoms with Crippen LogP contribution in [-0.4, -0.2) is 19.7 Å². The van der Waals surface area contributed by atoms with Gasteiger partial charge in [0.1, 0.15) is 6.33 Å². The van der Waals surface area contributed by atoms with Crippen LogP contribution in [0.2, 0.25) is 0 Å². The number of nitrogens with one attached hydrogen (secondary N) is 1. The lowest BCUT2D eigenvalue weighted by Gasteiger charge is -2.02. The molecule has 0 bridgehead atoms. The highest BCUT2D eigenvalue weighted by Crippen LogP contribution is 2.07. The molecular formula is C15H15N5. The largest absolute Gasteiger partial charge is 0.307 e. The molecule has 3 rings (SSSR count). The fourth-order valence-electron chi connectivity index (χ4n) is 1.93. The molecule has 0 radical (unpaired) electrons. The Balaban J connectivity index is 1.58. The van der Waals surface area contributed by atoms with Crippen molar-refractivity contribution in [3.8, 4) is 5.69 Å². The summed E-state index contributed by atoms with van der Waals surface area (Å²) in [5.41, 5.74) is 3.19. The second-order valence-electron chi connectivity index (χ2n) is 4.43. The highest BCUT2D eigenvalue weighted by Gasteiger charge is 2.00. The molecule has 0 fully saturated rings. The first-order valence-corrected chi connectivity index (χ1v) is 6.46. The Kier molecular flexibility index (Phi) is 3.80. The summed E-state index contributed by atoms with van der Waals surface area (Å²) in [6.45, 7) is 1.48. The van der Waals surface area contributed by atoms with Crippen LogP contribution in [-0.2, 0) is 13.1 Å². The maximum atomic E-state index is 4.36. The van der Waals surface area contributed by atoms with Crippen molar-refractivity contribution in [3.63, 3.8) is 0 Å². The molecule has 1 aromatic carbocycles. The van der Waals surface area contributed by atoms with E-state index in [0.29, 0.717) is 0 Å². The second kappa shape index (κ2) is 6.08. The summed E-state index contributed by atoms with van der Waals surface area (Å²) in [5, 5.41) is 7.70. The summed E-state index contributed by atoms with van der Waals surface area (Å²) in [4.78, 5) is 8.06. The van der Waals surface area contributed by atoms with Crippen LogP contribution in [0.4, 0.5) is 0 Å². The molecule has 0 aliphatic carbocycles. The van der Waals surface area contributed by atoms with E-state index in [1.165, 1.54) is 0 Å².